The van der Waals surface area contributed by atoms with Crippen LogP contribution in [0.4, 0.5) is 28.4 Å². The van der Waals surface area contributed by atoms with E-state index in [1.165, 1.54) is 94.9 Å². The molecule has 2 aliphatic heterocycles. The predicted octanol–water partition coefficient (Wildman–Crippen LogP) is 13.6. The van der Waals surface area contributed by atoms with E-state index in [0.717, 1.165) is 19.4 Å². The summed E-state index contributed by atoms with van der Waals surface area (Å²) in [5.41, 5.74) is 23.4. The quantitative estimate of drug-likeness (QED) is 0.164. The van der Waals surface area contributed by atoms with Crippen LogP contribution in [0.25, 0.3) is 11.1 Å². The topological polar surface area (TPSA) is 6.48 Å². The molecule has 0 bridgehead atoms. The third kappa shape index (κ3) is 7.34. The van der Waals surface area contributed by atoms with E-state index < -0.39 is 0 Å². The normalized spacial score (nSPS) is 15.7. The number of hydrogen-bond acceptors (Lipinski definition) is 2. The molecule has 0 amide bonds. The van der Waals surface area contributed by atoms with E-state index >= 15 is 0 Å². The molecule has 0 radical (unpaired) electrons. The van der Waals surface area contributed by atoms with E-state index in [1.807, 2.05) is 0 Å². The molecule has 0 spiro atoms. The maximum absolute atomic E-state index is 2.72. The van der Waals surface area contributed by atoms with Crippen LogP contribution < -0.4 is 26.2 Å². The third-order valence-corrected chi connectivity index (χ3v) is 13.9. The van der Waals surface area contributed by atoms with Crippen LogP contribution in [0.3, 0.4) is 0 Å². The fourth-order valence-electron chi connectivity index (χ4n) is 10.3. The zero-order valence-corrected chi connectivity index (χ0v) is 39.6. The largest absolute Gasteiger partial charge is 0.338 e. The first-order chi connectivity index (χ1) is 28.5. The Balaban J connectivity index is 1.37. The SMILES string of the molecule is CC1(C)Cc2cc3c(cc2C1)N(Cc1ccc(C(C)(C)C)cc1-c1ccccc1)c1cc(C(C)(C)C)cc2c1B3c1ccc(C(C)(C)C)cc1N2c1cccc(C(C)(C)C)c1. The molecule has 0 saturated heterocycles. The van der Waals surface area contributed by atoms with Gasteiger partial charge in [-0.15, -0.1) is 0 Å². The highest BCUT2D eigenvalue weighted by Gasteiger charge is 2.45. The van der Waals surface area contributed by atoms with Crippen molar-refractivity contribution in [1.82, 2.24) is 0 Å². The lowest BCUT2D eigenvalue weighted by atomic mass is 9.33. The minimum atomic E-state index is -0.0784. The van der Waals surface area contributed by atoms with Crippen LogP contribution in [0.2, 0.25) is 0 Å². The van der Waals surface area contributed by atoms with Gasteiger partial charge in [-0.05, 0) is 143 Å². The van der Waals surface area contributed by atoms with Crippen LogP contribution in [0, 0.1) is 5.41 Å². The molecule has 61 heavy (non-hydrogen) atoms. The second-order valence-electron chi connectivity index (χ2n) is 23.5. The molecule has 0 atom stereocenters. The Kier molecular flexibility index (Phi) is 9.49. The summed E-state index contributed by atoms with van der Waals surface area (Å²) >= 11 is 0. The summed E-state index contributed by atoms with van der Waals surface area (Å²) in [4.78, 5) is 5.36. The fraction of sp³-hybridized carbons (Fsp3) is 0.379. The van der Waals surface area contributed by atoms with Gasteiger partial charge in [0, 0.05) is 35.0 Å². The van der Waals surface area contributed by atoms with Crippen molar-refractivity contribution in [1.29, 1.82) is 0 Å². The lowest BCUT2D eigenvalue weighted by molar-refractivity contribution is 0.392. The van der Waals surface area contributed by atoms with Crippen molar-refractivity contribution in [2.24, 2.45) is 5.41 Å². The summed E-state index contributed by atoms with van der Waals surface area (Å²) in [5, 5.41) is 0. The van der Waals surface area contributed by atoms with Gasteiger partial charge in [0.15, 0.2) is 0 Å². The van der Waals surface area contributed by atoms with Crippen LogP contribution in [-0.4, -0.2) is 6.71 Å². The molecule has 2 nitrogen and oxygen atoms in total. The van der Waals surface area contributed by atoms with Crippen LogP contribution in [0.1, 0.15) is 136 Å². The zero-order chi connectivity index (χ0) is 43.6. The Bertz CT molecular complexity index is 2690. The number of benzene rings is 6. The second-order valence-corrected chi connectivity index (χ2v) is 23.5. The molecule has 0 N–H and O–H groups in total. The van der Waals surface area contributed by atoms with E-state index in [1.54, 1.807) is 0 Å². The van der Waals surface area contributed by atoms with E-state index in [-0.39, 0.29) is 33.8 Å². The van der Waals surface area contributed by atoms with Crippen LogP contribution in [-0.2, 0) is 41.0 Å². The van der Waals surface area contributed by atoms with Crippen molar-refractivity contribution >= 4 is 51.5 Å². The third-order valence-electron chi connectivity index (χ3n) is 13.9. The van der Waals surface area contributed by atoms with E-state index in [4.69, 9.17) is 0 Å². The van der Waals surface area contributed by atoms with Crippen molar-refractivity contribution in [3.8, 4) is 11.1 Å². The standard InChI is InChI=1S/C58H67BN2/c1-54(2,3)41-21-18-22-45(29-41)61-50-31-43(56(7,8)9)25-26-47(50)59-48-27-39-34-58(13,14)35-40(39)28-49(48)60(51-32-44(57(10,11)12)33-52(61)53(51)59)36-38-23-24-42(55(4,5)6)30-46(38)37-19-16-15-17-20-37/h15-33H,34-36H2,1-14H3. The van der Waals surface area contributed by atoms with Gasteiger partial charge in [-0.3, -0.25) is 0 Å². The zero-order valence-electron chi connectivity index (χ0n) is 39.6. The van der Waals surface area contributed by atoms with E-state index in [2.05, 4.69) is 222 Å². The summed E-state index contributed by atoms with van der Waals surface area (Å²) in [6.45, 7) is 33.9. The molecule has 6 aromatic carbocycles. The van der Waals surface area contributed by atoms with Gasteiger partial charge < -0.3 is 9.80 Å². The van der Waals surface area contributed by atoms with E-state index in [0.29, 0.717) is 0 Å². The van der Waals surface area contributed by atoms with Gasteiger partial charge in [-0.25, -0.2) is 0 Å². The highest BCUT2D eigenvalue weighted by atomic mass is 15.2. The molecule has 3 heteroatoms. The van der Waals surface area contributed by atoms with Crippen molar-refractivity contribution in [2.45, 2.75) is 138 Å². The molecule has 0 fully saturated rings. The number of hydrogen-bond donors (Lipinski definition) is 0. The monoisotopic (exact) mass is 803 g/mol. The summed E-state index contributed by atoms with van der Waals surface area (Å²) < 4.78 is 0. The number of fused-ring (bicyclic) bond motifs is 5. The highest BCUT2D eigenvalue weighted by molar-refractivity contribution is 7.00. The van der Waals surface area contributed by atoms with Gasteiger partial charge in [0.2, 0.25) is 0 Å². The number of rotatable bonds is 4. The van der Waals surface area contributed by atoms with Crippen molar-refractivity contribution in [3.05, 3.63) is 154 Å². The van der Waals surface area contributed by atoms with Gasteiger partial charge in [0.05, 0.1) is 0 Å². The lowest BCUT2D eigenvalue weighted by Gasteiger charge is -2.46. The minimum Gasteiger partial charge on any atom is -0.338 e. The van der Waals surface area contributed by atoms with Crippen LogP contribution in [0.15, 0.2) is 115 Å². The van der Waals surface area contributed by atoms with Crippen LogP contribution >= 0.6 is 0 Å². The molecular weight excluding hydrogens is 735 g/mol. The van der Waals surface area contributed by atoms with Gasteiger partial charge in [-0.1, -0.05) is 176 Å². The minimum absolute atomic E-state index is 0.000665. The average molecular weight is 803 g/mol. The molecule has 6 aromatic rings. The first-order valence-electron chi connectivity index (χ1n) is 22.8. The first-order valence-corrected chi connectivity index (χ1v) is 22.8. The van der Waals surface area contributed by atoms with Crippen molar-refractivity contribution in [2.75, 3.05) is 9.80 Å². The number of anilines is 5. The molecule has 0 saturated carbocycles. The summed E-state index contributed by atoms with van der Waals surface area (Å²) in [5.74, 6) is 0. The molecule has 0 aromatic heterocycles. The molecule has 1 aliphatic carbocycles. The lowest BCUT2D eigenvalue weighted by Crippen LogP contribution is -2.62. The fourth-order valence-corrected chi connectivity index (χ4v) is 10.3. The maximum Gasteiger partial charge on any atom is 0.252 e. The highest BCUT2D eigenvalue weighted by Crippen LogP contribution is 2.48. The van der Waals surface area contributed by atoms with Gasteiger partial charge >= 0.3 is 0 Å². The summed E-state index contributed by atoms with van der Waals surface area (Å²) in [7, 11) is 0. The Morgan fingerprint density at radius 1 is 0.492 bits per heavy atom. The Labute approximate surface area is 368 Å². The molecule has 312 valence electrons. The van der Waals surface area contributed by atoms with E-state index in [9.17, 15) is 0 Å². The first kappa shape index (κ1) is 41.3. The van der Waals surface area contributed by atoms with Crippen molar-refractivity contribution in [3.63, 3.8) is 0 Å². The summed E-state index contributed by atoms with van der Waals surface area (Å²) in [6, 6.07) is 45.5. The van der Waals surface area contributed by atoms with Crippen molar-refractivity contribution < 1.29 is 0 Å². The Morgan fingerprint density at radius 3 is 1.72 bits per heavy atom. The van der Waals surface area contributed by atoms with Crippen LogP contribution in [0.5, 0.6) is 0 Å². The van der Waals surface area contributed by atoms with Gasteiger partial charge in [-0.2, -0.15) is 0 Å². The molecular formula is C58H67BN2. The number of nitrogens with zero attached hydrogens (tertiary/aromatic N) is 2. The molecule has 0 unspecified atom stereocenters. The second kappa shape index (κ2) is 14.0. The summed E-state index contributed by atoms with van der Waals surface area (Å²) in [6.07, 6.45) is 2.21. The molecule has 9 rings (SSSR count). The Morgan fingerprint density at radius 2 is 1.07 bits per heavy atom. The Hall–Kier alpha value is -5.02. The van der Waals surface area contributed by atoms with Gasteiger partial charge in [0.1, 0.15) is 0 Å². The molecule has 3 aliphatic rings. The average Bonchev–Trinajstić information content (AvgIpc) is 3.49. The van der Waals surface area contributed by atoms with Gasteiger partial charge in [0.25, 0.3) is 6.71 Å². The molecule has 2 heterocycles. The maximum atomic E-state index is 2.72. The predicted molar refractivity (Wildman–Crippen MR) is 266 cm³/mol. The smallest absolute Gasteiger partial charge is 0.252 e.